The van der Waals surface area contributed by atoms with Crippen LogP contribution in [0.5, 0.6) is 0 Å². The molecule has 2 heterocycles. The van der Waals surface area contributed by atoms with Crippen LogP contribution < -0.4 is 10.9 Å². The van der Waals surface area contributed by atoms with Crippen LogP contribution in [0.3, 0.4) is 0 Å². The number of thiophene rings is 1. The van der Waals surface area contributed by atoms with Crippen molar-refractivity contribution < 1.29 is 13.6 Å². The van der Waals surface area contributed by atoms with Gasteiger partial charge in [-0.15, -0.1) is 11.3 Å². The molecule has 1 amide bonds. The van der Waals surface area contributed by atoms with E-state index in [1.54, 1.807) is 11.4 Å². The normalized spacial score (nSPS) is 11.1. The van der Waals surface area contributed by atoms with E-state index in [0.29, 0.717) is 32.0 Å². The lowest BCUT2D eigenvalue weighted by Crippen LogP contribution is -2.22. The molecule has 1 N–H and O–H groups in total. The van der Waals surface area contributed by atoms with Gasteiger partial charge in [-0.1, -0.05) is 35.0 Å². The third kappa shape index (κ3) is 4.90. The Morgan fingerprint density at radius 3 is 2.45 bits per heavy atom. The molecule has 11 heteroatoms. The number of rotatable bonds is 5. The zero-order chi connectivity index (χ0) is 22.1. The van der Waals surface area contributed by atoms with Gasteiger partial charge in [0, 0.05) is 21.8 Å². The van der Waals surface area contributed by atoms with Gasteiger partial charge in [-0.25, -0.2) is 13.8 Å². The molecule has 0 spiro atoms. The van der Waals surface area contributed by atoms with Gasteiger partial charge in [-0.05, 0) is 41.8 Å². The minimum absolute atomic E-state index is 0.0187. The molecule has 158 valence electrons. The summed E-state index contributed by atoms with van der Waals surface area (Å²) < 4.78 is 29.0. The fourth-order valence-corrected chi connectivity index (χ4v) is 4.94. The number of carbonyl (C=O) groups is 1. The molecule has 5 nitrogen and oxygen atoms in total. The zero-order valence-corrected chi connectivity index (χ0v) is 18.5. The lowest BCUT2D eigenvalue weighted by atomic mass is 10.3. The number of amides is 1. The monoisotopic (exact) mass is 497 g/mol. The molecule has 4 aromatic rings. The van der Waals surface area contributed by atoms with Gasteiger partial charge in [0.25, 0.3) is 5.56 Å². The maximum Gasteiger partial charge on any atom is 0.276 e. The van der Waals surface area contributed by atoms with E-state index in [2.05, 4.69) is 10.3 Å². The van der Waals surface area contributed by atoms with Crippen molar-refractivity contribution in [3.63, 3.8) is 0 Å². The number of anilines is 1. The van der Waals surface area contributed by atoms with Crippen molar-refractivity contribution in [3.8, 4) is 5.69 Å². The Bertz CT molecular complexity index is 1330. The summed E-state index contributed by atoms with van der Waals surface area (Å²) in [4.78, 5) is 29.8. The van der Waals surface area contributed by atoms with Crippen molar-refractivity contribution in [2.24, 2.45) is 0 Å². The molecule has 4 rings (SSSR count). The Morgan fingerprint density at radius 2 is 1.77 bits per heavy atom. The maximum atomic E-state index is 13.8. The van der Waals surface area contributed by atoms with Gasteiger partial charge >= 0.3 is 0 Å². The number of aromatic nitrogens is 2. The van der Waals surface area contributed by atoms with Gasteiger partial charge in [0.05, 0.1) is 17.0 Å². The number of nitrogens with one attached hydrogen (secondary N) is 1. The van der Waals surface area contributed by atoms with Gasteiger partial charge in [0.2, 0.25) is 5.91 Å². The number of halogens is 4. The van der Waals surface area contributed by atoms with Crippen LogP contribution in [0.4, 0.5) is 14.5 Å². The maximum absolute atomic E-state index is 13.8. The Labute approximate surface area is 192 Å². The molecular weight excluding hydrogens is 487 g/mol. The van der Waals surface area contributed by atoms with Crippen molar-refractivity contribution in [1.82, 2.24) is 9.55 Å². The topological polar surface area (TPSA) is 64.0 Å². The molecule has 0 atom stereocenters. The molecule has 0 radical (unpaired) electrons. The summed E-state index contributed by atoms with van der Waals surface area (Å²) in [5.74, 6) is -2.19. The van der Waals surface area contributed by atoms with Crippen LogP contribution in [-0.4, -0.2) is 21.2 Å². The van der Waals surface area contributed by atoms with Crippen molar-refractivity contribution in [1.29, 1.82) is 0 Å². The number of hydrogen-bond acceptors (Lipinski definition) is 5. The smallest absolute Gasteiger partial charge is 0.276 e. The van der Waals surface area contributed by atoms with Crippen LogP contribution in [0.25, 0.3) is 15.9 Å². The molecule has 0 fully saturated rings. The number of benzene rings is 2. The van der Waals surface area contributed by atoms with Crippen LogP contribution in [0.2, 0.25) is 10.0 Å². The minimum atomic E-state index is -0.834. The average Bonchev–Trinajstić information content (AvgIpc) is 3.13. The first-order valence-electron chi connectivity index (χ1n) is 8.65. The van der Waals surface area contributed by atoms with Crippen molar-refractivity contribution >= 4 is 68.1 Å². The van der Waals surface area contributed by atoms with E-state index < -0.39 is 23.1 Å². The molecule has 0 aliphatic heterocycles. The van der Waals surface area contributed by atoms with Crippen LogP contribution in [-0.2, 0) is 4.79 Å². The summed E-state index contributed by atoms with van der Waals surface area (Å²) in [6.45, 7) is 0. The summed E-state index contributed by atoms with van der Waals surface area (Å²) in [5, 5.41) is 5.20. The van der Waals surface area contributed by atoms with Crippen LogP contribution in [0.15, 0.2) is 57.8 Å². The molecule has 0 bridgehead atoms. The predicted molar refractivity (Wildman–Crippen MR) is 121 cm³/mol. The number of thioether (sulfide) groups is 1. The van der Waals surface area contributed by atoms with Crippen LogP contribution in [0, 0.1) is 11.6 Å². The highest BCUT2D eigenvalue weighted by Crippen LogP contribution is 2.26. The molecule has 0 unspecified atom stereocenters. The lowest BCUT2D eigenvalue weighted by Gasteiger charge is -2.12. The second-order valence-corrected chi connectivity index (χ2v) is 9.02. The third-order valence-corrected chi connectivity index (χ3v) is 6.30. The first kappa shape index (κ1) is 21.8. The predicted octanol–water partition coefficient (Wildman–Crippen LogP) is 5.76. The fourth-order valence-electron chi connectivity index (χ4n) is 2.84. The number of hydrogen-bond donors (Lipinski definition) is 1. The standard InChI is InChI=1S/C20H11Cl2F2N3O2S2/c21-10-3-11(22)5-14(4-10)25-17(28)9-31-20-26-16-1-2-30-18(16)19(29)27(20)15-7-12(23)6-13(24)8-15/h1-8H,9H2,(H,25,28). The highest BCUT2D eigenvalue weighted by atomic mass is 35.5. The molecule has 0 aliphatic rings. The molecule has 0 aliphatic carbocycles. The summed E-state index contributed by atoms with van der Waals surface area (Å²) in [5.41, 5.74) is 0.353. The molecule has 2 aromatic heterocycles. The molecule has 0 saturated carbocycles. The first-order valence-corrected chi connectivity index (χ1v) is 11.3. The Hall–Kier alpha value is -2.46. The summed E-state index contributed by atoms with van der Waals surface area (Å²) in [6.07, 6.45) is 0. The van der Waals surface area contributed by atoms with Gasteiger partial charge in [0.15, 0.2) is 5.16 Å². The Balaban J connectivity index is 1.66. The van der Waals surface area contributed by atoms with Crippen molar-refractivity contribution in [2.45, 2.75) is 5.16 Å². The average molecular weight is 498 g/mol. The van der Waals surface area contributed by atoms with Gasteiger partial charge < -0.3 is 5.32 Å². The fraction of sp³-hybridized carbons (Fsp3) is 0.0500. The van der Waals surface area contributed by atoms with Crippen LogP contribution >= 0.6 is 46.3 Å². The van der Waals surface area contributed by atoms with Crippen molar-refractivity contribution in [2.75, 3.05) is 11.1 Å². The van der Waals surface area contributed by atoms with E-state index in [1.165, 1.54) is 29.5 Å². The van der Waals surface area contributed by atoms with E-state index in [9.17, 15) is 18.4 Å². The first-order chi connectivity index (χ1) is 14.8. The van der Waals surface area contributed by atoms with E-state index >= 15 is 0 Å². The summed E-state index contributed by atoms with van der Waals surface area (Å²) in [6, 6.07) is 9.05. The lowest BCUT2D eigenvalue weighted by molar-refractivity contribution is -0.113. The number of nitrogens with zero attached hydrogens (tertiary/aromatic N) is 2. The van der Waals surface area contributed by atoms with Gasteiger partial charge in [-0.3, -0.25) is 14.2 Å². The quantitative estimate of drug-likeness (QED) is 0.281. The molecule has 0 saturated heterocycles. The summed E-state index contributed by atoms with van der Waals surface area (Å²) >= 11 is 14.0. The van der Waals surface area contributed by atoms with Gasteiger partial charge in [-0.2, -0.15) is 0 Å². The molecule has 31 heavy (non-hydrogen) atoms. The van der Waals surface area contributed by atoms with E-state index in [4.69, 9.17) is 23.2 Å². The highest BCUT2D eigenvalue weighted by molar-refractivity contribution is 7.99. The van der Waals surface area contributed by atoms with E-state index in [0.717, 1.165) is 28.5 Å². The van der Waals surface area contributed by atoms with Crippen LogP contribution in [0.1, 0.15) is 0 Å². The second kappa shape index (κ2) is 8.96. The Kier molecular flexibility index (Phi) is 6.29. The molecular formula is C20H11Cl2F2N3O2S2. The number of carbonyl (C=O) groups excluding carboxylic acids is 1. The van der Waals surface area contributed by atoms with E-state index in [-0.39, 0.29) is 16.6 Å². The van der Waals surface area contributed by atoms with Crippen molar-refractivity contribution in [3.05, 3.63) is 79.9 Å². The summed E-state index contributed by atoms with van der Waals surface area (Å²) in [7, 11) is 0. The Morgan fingerprint density at radius 1 is 1.10 bits per heavy atom. The largest absolute Gasteiger partial charge is 0.325 e. The third-order valence-electron chi connectivity index (χ3n) is 4.03. The highest BCUT2D eigenvalue weighted by Gasteiger charge is 2.17. The SMILES string of the molecule is O=C(CSc1nc2ccsc2c(=O)n1-c1cc(F)cc(F)c1)Nc1cc(Cl)cc(Cl)c1. The number of fused-ring (bicyclic) bond motifs is 1. The molecule has 2 aromatic carbocycles. The van der Waals surface area contributed by atoms with E-state index in [1.807, 2.05) is 0 Å². The van der Waals surface area contributed by atoms with Gasteiger partial charge in [0.1, 0.15) is 16.3 Å². The minimum Gasteiger partial charge on any atom is -0.325 e. The zero-order valence-electron chi connectivity index (χ0n) is 15.4. The second-order valence-electron chi connectivity index (χ2n) is 6.29.